The summed E-state index contributed by atoms with van der Waals surface area (Å²) in [7, 11) is 0. The third-order valence-electron chi connectivity index (χ3n) is 5.45. The fraction of sp³-hybridized carbons (Fsp3) is 0.500. The van der Waals surface area contributed by atoms with Crippen molar-refractivity contribution in [2.75, 3.05) is 5.32 Å². The lowest BCUT2D eigenvalue weighted by atomic mass is 9.84. The van der Waals surface area contributed by atoms with Crippen LogP contribution in [0.2, 0.25) is 0 Å². The van der Waals surface area contributed by atoms with Gasteiger partial charge in [-0.3, -0.25) is 9.59 Å². The van der Waals surface area contributed by atoms with Crippen molar-refractivity contribution in [3.05, 3.63) is 29.3 Å². The first-order valence-corrected chi connectivity index (χ1v) is 8.45. The highest BCUT2D eigenvalue weighted by atomic mass is 16.2. The number of amides is 2. The zero-order chi connectivity index (χ0) is 16.0. The largest absolute Gasteiger partial charge is 0.326 e. The van der Waals surface area contributed by atoms with Gasteiger partial charge in [0.1, 0.15) is 0 Å². The van der Waals surface area contributed by atoms with E-state index in [0.29, 0.717) is 12.3 Å². The van der Waals surface area contributed by atoms with E-state index in [1.165, 1.54) is 5.56 Å². The monoisotopic (exact) mass is 311 g/mol. The first-order valence-electron chi connectivity index (χ1n) is 8.45. The predicted molar refractivity (Wildman–Crippen MR) is 88.2 cm³/mol. The molecule has 2 N–H and O–H groups in total. The summed E-state index contributed by atoms with van der Waals surface area (Å²) in [5, 5.41) is 7.35. The number of benzene rings is 1. The Morgan fingerprint density at radius 1 is 1.13 bits per heavy atom. The van der Waals surface area contributed by atoms with E-state index >= 15 is 0 Å². The third kappa shape index (κ3) is 2.44. The van der Waals surface area contributed by atoms with Crippen molar-refractivity contribution in [3.8, 4) is 0 Å². The molecule has 1 fully saturated rings. The highest BCUT2D eigenvalue weighted by molar-refractivity contribution is 6.07. The van der Waals surface area contributed by atoms with Crippen LogP contribution in [0.1, 0.15) is 56.1 Å². The smallest absolute Gasteiger partial charge is 0.243 e. The predicted octanol–water partition coefficient (Wildman–Crippen LogP) is 2.77. The van der Waals surface area contributed by atoms with Gasteiger partial charge in [0.25, 0.3) is 0 Å². The van der Waals surface area contributed by atoms with Gasteiger partial charge in [-0.15, -0.1) is 0 Å². The van der Waals surface area contributed by atoms with E-state index in [9.17, 15) is 9.59 Å². The lowest BCUT2D eigenvalue weighted by molar-refractivity contribution is -0.126. The molecule has 0 aromatic heterocycles. The van der Waals surface area contributed by atoms with Gasteiger partial charge in [-0.1, -0.05) is 19.4 Å². The molecule has 2 amide bonds. The molecule has 1 aliphatic carbocycles. The molecule has 1 saturated carbocycles. The Balaban J connectivity index is 1.73. The molecule has 0 saturated heterocycles. The van der Waals surface area contributed by atoms with Crippen LogP contribution in [0.25, 0.3) is 0 Å². The van der Waals surface area contributed by atoms with Crippen LogP contribution in [0.3, 0.4) is 0 Å². The summed E-state index contributed by atoms with van der Waals surface area (Å²) in [5.74, 6) is 0.783. The molecule has 5 nitrogen and oxygen atoms in total. The van der Waals surface area contributed by atoms with Crippen LogP contribution in [0, 0.1) is 11.8 Å². The molecule has 1 aromatic rings. The van der Waals surface area contributed by atoms with Gasteiger partial charge in [-0.25, -0.2) is 5.43 Å². The Bertz CT molecular complexity index is 710. The van der Waals surface area contributed by atoms with Gasteiger partial charge in [0, 0.05) is 23.9 Å². The molecule has 0 spiro atoms. The molecule has 3 aliphatic rings. The summed E-state index contributed by atoms with van der Waals surface area (Å²) < 4.78 is 0. The van der Waals surface area contributed by atoms with Gasteiger partial charge in [0.05, 0.1) is 5.71 Å². The normalized spacial score (nSPS) is 29.8. The maximum absolute atomic E-state index is 12.0. The van der Waals surface area contributed by atoms with Crippen molar-refractivity contribution in [1.82, 2.24) is 5.43 Å². The van der Waals surface area contributed by atoms with Crippen molar-refractivity contribution in [3.63, 3.8) is 0 Å². The van der Waals surface area contributed by atoms with Crippen LogP contribution in [-0.2, 0) is 9.59 Å². The second-order valence-electron chi connectivity index (χ2n) is 6.91. The zero-order valence-electron chi connectivity index (χ0n) is 13.3. The van der Waals surface area contributed by atoms with Gasteiger partial charge in [-0.2, -0.15) is 5.10 Å². The Hall–Kier alpha value is -2.17. The van der Waals surface area contributed by atoms with Crippen LogP contribution in [0.15, 0.2) is 23.3 Å². The Morgan fingerprint density at radius 3 is 2.83 bits per heavy atom. The molecular formula is C18H21N3O2. The van der Waals surface area contributed by atoms with E-state index in [2.05, 4.69) is 28.8 Å². The lowest BCUT2D eigenvalue weighted by Crippen LogP contribution is -2.39. The molecule has 0 bridgehead atoms. The molecule has 5 heteroatoms. The van der Waals surface area contributed by atoms with Crippen molar-refractivity contribution >= 4 is 23.2 Å². The van der Waals surface area contributed by atoms with Crippen molar-refractivity contribution in [1.29, 1.82) is 0 Å². The molecule has 2 heterocycles. The number of carbonyl (C=O) groups is 2. The summed E-state index contributed by atoms with van der Waals surface area (Å²) >= 11 is 0. The van der Waals surface area contributed by atoms with Crippen molar-refractivity contribution in [2.24, 2.45) is 16.9 Å². The van der Waals surface area contributed by atoms with Crippen LogP contribution in [0.4, 0.5) is 5.69 Å². The highest BCUT2D eigenvalue weighted by Crippen LogP contribution is 2.38. The summed E-state index contributed by atoms with van der Waals surface area (Å²) in [4.78, 5) is 23.7. The van der Waals surface area contributed by atoms with E-state index in [-0.39, 0.29) is 23.7 Å². The summed E-state index contributed by atoms with van der Waals surface area (Å²) in [6, 6.07) is 6.15. The summed E-state index contributed by atoms with van der Waals surface area (Å²) in [6.07, 6.45) is 4.48. The number of carbonyl (C=O) groups excluding carboxylic acids is 2. The van der Waals surface area contributed by atoms with E-state index < -0.39 is 0 Å². The minimum atomic E-state index is 0.0617. The number of hydrogen-bond donors (Lipinski definition) is 2. The van der Waals surface area contributed by atoms with E-state index in [4.69, 9.17) is 0 Å². The lowest BCUT2D eigenvalue weighted by Gasteiger charge is -2.26. The number of rotatable bonds is 1. The molecule has 3 unspecified atom stereocenters. The minimum absolute atomic E-state index is 0.0617. The number of hydrazone groups is 1. The zero-order valence-corrected chi connectivity index (χ0v) is 13.3. The van der Waals surface area contributed by atoms with Gasteiger partial charge in [-0.05, 0) is 48.4 Å². The van der Waals surface area contributed by atoms with Gasteiger partial charge in [0.15, 0.2) is 0 Å². The first kappa shape index (κ1) is 14.4. The van der Waals surface area contributed by atoms with Crippen LogP contribution in [-0.4, -0.2) is 17.5 Å². The number of hydrogen-bond acceptors (Lipinski definition) is 3. The molecule has 120 valence electrons. The maximum Gasteiger partial charge on any atom is 0.243 e. The van der Waals surface area contributed by atoms with Crippen molar-refractivity contribution < 1.29 is 9.59 Å². The van der Waals surface area contributed by atoms with E-state index in [1.807, 2.05) is 12.1 Å². The molecule has 23 heavy (non-hydrogen) atoms. The average Bonchev–Trinajstić information content (AvgIpc) is 2.99. The van der Waals surface area contributed by atoms with E-state index in [0.717, 1.165) is 42.6 Å². The standard InChI is InChI=1S/C18H21N3O2/c1-10-5-8-16(22)19-15-7-6-11(9-14(10)15)17-12-3-2-4-13(12)18(23)21-20-17/h6-7,9-10,12-13H,2-5,8H2,1H3,(H,19,22)(H,21,23). The topological polar surface area (TPSA) is 70.6 Å². The third-order valence-corrected chi connectivity index (χ3v) is 5.45. The fourth-order valence-corrected chi connectivity index (χ4v) is 4.12. The first-order chi connectivity index (χ1) is 11.1. The number of nitrogens with zero attached hydrogens (tertiary/aromatic N) is 1. The molecule has 0 radical (unpaired) electrons. The number of nitrogens with one attached hydrogen (secondary N) is 2. The van der Waals surface area contributed by atoms with Crippen LogP contribution >= 0.6 is 0 Å². The second kappa shape index (κ2) is 5.48. The number of anilines is 1. The average molecular weight is 311 g/mol. The maximum atomic E-state index is 12.0. The number of fused-ring (bicyclic) bond motifs is 2. The van der Waals surface area contributed by atoms with Crippen LogP contribution in [0.5, 0.6) is 0 Å². The Morgan fingerprint density at radius 2 is 1.96 bits per heavy atom. The molecular weight excluding hydrogens is 290 g/mol. The second-order valence-corrected chi connectivity index (χ2v) is 6.91. The summed E-state index contributed by atoms with van der Waals surface area (Å²) in [6.45, 7) is 2.16. The quantitative estimate of drug-likeness (QED) is 0.837. The Labute approximate surface area is 135 Å². The SMILES string of the molecule is CC1CCC(=O)Nc2ccc(C3=NNC(=O)C4CCCC34)cc21. The highest BCUT2D eigenvalue weighted by Gasteiger charge is 2.39. The van der Waals surface area contributed by atoms with Crippen molar-refractivity contribution in [2.45, 2.75) is 44.9 Å². The fourth-order valence-electron chi connectivity index (χ4n) is 4.12. The van der Waals surface area contributed by atoms with Gasteiger partial charge < -0.3 is 5.32 Å². The summed E-state index contributed by atoms with van der Waals surface area (Å²) in [5.41, 5.74) is 6.84. The molecule has 2 aliphatic heterocycles. The minimum Gasteiger partial charge on any atom is -0.326 e. The van der Waals surface area contributed by atoms with Gasteiger partial charge in [0.2, 0.25) is 11.8 Å². The molecule has 3 atom stereocenters. The molecule has 1 aromatic carbocycles. The van der Waals surface area contributed by atoms with Gasteiger partial charge >= 0.3 is 0 Å². The molecule has 4 rings (SSSR count). The Kier molecular flexibility index (Phi) is 3.43. The van der Waals surface area contributed by atoms with E-state index in [1.54, 1.807) is 0 Å². The van der Waals surface area contributed by atoms with Crippen LogP contribution < -0.4 is 10.7 Å².